The molecule has 27 heavy (non-hydrogen) atoms. The molecule has 2 atom stereocenters. The lowest BCUT2D eigenvalue weighted by atomic mass is 9.89. The molecule has 0 spiro atoms. The van der Waals surface area contributed by atoms with Gasteiger partial charge in [0, 0.05) is 24.8 Å². The van der Waals surface area contributed by atoms with Gasteiger partial charge in [0.2, 0.25) is 5.91 Å². The fraction of sp³-hybridized carbons (Fsp3) is 0.550. The van der Waals surface area contributed by atoms with Gasteiger partial charge in [0.15, 0.2) is 0 Å². The molecule has 7 heteroatoms. The molecular weight excluding hydrogens is 362 g/mol. The van der Waals surface area contributed by atoms with E-state index in [2.05, 4.69) is 34.1 Å². The average molecular weight is 386 g/mol. The summed E-state index contributed by atoms with van der Waals surface area (Å²) in [5, 5.41) is 13.3. The summed E-state index contributed by atoms with van der Waals surface area (Å²) in [5.41, 5.74) is -0.133. The van der Waals surface area contributed by atoms with Gasteiger partial charge in [0.1, 0.15) is 11.9 Å². The van der Waals surface area contributed by atoms with Gasteiger partial charge in [-0.05, 0) is 44.7 Å². The third kappa shape index (κ3) is 4.35. The third-order valence-electron chi connectivity index (χ3n) is 5.58. The van der Waals surface area contributed by atoms with Crippen LogP contribution in [0.2, 0.25) is 5.02 Å². The SMILES string of the molecule is C#C[C@H]1CC[C@@H](C#N)N1C(=O)CNC1(C)CCN(c2ccc(Cl)cn2)CC1. The van der Waals surface area contributed by atoms with Gasteiger partial charge in [-0.15, -0.1) is 6.42 Å². The highest BCUT2D eigenvalue weighted by Gasteiger charge is 2.37. The number of carbonyl (C=O) groups is 1. The molecule has 1 aromatic rings. The number of anilines is 1. The number of pyridine rings is 1. The van der Waals surface area contributed by atoms with Crippen molar-refractivity contribution in [2.24, 2.45) is 0 Å². The van der Waals surface area contributed by atoms with Crippen LogP contribution in [0.25, 0.3) is 0 Å². The van der Waals surface area contributed by atoms with E-state index in [4.69, 9.17) is 18.0 Å². The molecule has 0 radical (unpaired) electrons. The minimum absolute atomic E-state index is 0.0926. The van der Waals surface area contributed by atoms with E-state index >= 15 is 0 Å². The fourth-order valence-electron chi connectivity index (χ4n) is 3.79. The number of terminal acetylenes is 1. The summed E-state index contributed by atoms with van der Waals surface area (Å²) in [4.78, 5) is 20.8. The monoisotopic (exact) mass is 385 g/mol. The number of nitriles is 1. The third-order valence-corrected chi connectivity index (χ3v) is 5.81. The standard InChI is InChI=1S/C20H24ClN5O/c1-3-16-5-6-17(12-22)26(16)19(27)14-24-20(2)8-10-25(11-9-20)18-7-4-15(21)13-23-18/h1,4,7,13,16-17,24H,5-6,8-11,14H2,2H3/t16-,17-/m0/s1. The van der Waals surface area contributed by atoms with E-state index in [1.165, 1.54) is 0 Å². The molecule has 2 saturated heterocycles. The Labute approximate surface area is 165 Å². The van der Waals surface area contributed by atoms with E-state index in [0.29, 0.717) is 17.9 Å². The number of carbonyl (C=O) groups excluding carboxylic acids is 1. The van der Waals surface area contributed by atoms with Crippen LogP contribution < -0.4 is 10.2 Å². The molecule has 0 aliphatic carbocycles. The Kier molecular flexibility index (Phi) is 5.89. The number of halogens is 1. The number of hydrogen-bond donors (Lipinski definition) is 1. The minimum atomic E-state index is -0.411. The van der Waals surface area contributed by atoms with Gasteiger partial charge < -0.3 is 15.1 Å². The van der Waals surface area contributed by atoms with Crippen molar-refractivity contribution in [3.63, 3.8) is 0 Å². The normalized spacial score (nSPS) is 24.3. The summed E-state index contributed by atoms with van der Waals surface area (Å²) < 4.78 is 0. The molecule has 142 valence electrons. The highest BCUT2D eigenvalue weighted by Crippen LogP contribution is 2.27. The minimum Gasteiger partial charge on any atom is -0.356 e. The van der Waals surface area contributed by atoms with Crippen molar-refractivity contribution in [3.05, 3.63) is 23.4 Å². The van der Waals surface area contributed by atoms with Crippen molar-refractivity contribution < 1.29 is 4.79 Å². The fourth-order valence-corrected chi connectivity index (χ4v) is 3.90. The van der Waals surface area contributed by atoms with E-state index in [1.54, 1.807) is 11.1 Å². The van der Waals surface area contributed by atoms with Crippen LogP contribution in [0.5, 0.6) is 0 Å². The maximum Gasteiger partial charge on any atom is 0.238 e. The van der Waals surface area contributed by atoms with Gasteiger partial charge in [-0.3, -0.25) is 4.79 Å². The lowest BCUT2D eigenvalue weighted by Crippen LogP contribution is -2.55. The second-order valence-corrected chi connectivity index (χ2v) is 7.88. The number of nitrogens with one attached hydrogen (secondary N) is 1. The maximum absolute atomic E-state index is 12.7. The molecule has 2 aliphatic heterocycles. The zero-order valence-electron chi connectivity index (χ0n) is 15.5. The Morgan fingerprint density at radius 2 is 2.11 bits per heavy atom. The summed E-state index contributed by atoms with van der Waals surface area (Å²) in [6.07, 6.45) is 10.3. The lowest BCUT2D eigenvalue weighted by molar-refractivity contribution is -0.131. The number of amides is 1. The van der Waals surface area contributed by atoms with Crippen molar-refractivity contribution in [2.75, 3.05) is 24.5 Å². The first kappa shape index (κ1) is 19.5. The Balaban J connectivity index is 1.54. The first-order chi connectivity index (χ1) is 13.0. The number of rotatable bonds is 4. The number of hydrogen-bond acceptors (Lipinski definition) is 5. The largest absolute Gasteiger partial charge is 0.356 e. The van der Waals surface area contributed by atoms with Gasteiger partial charge in [0.05, 0.1) is 23.7 Å². The summed E-state index contributed by atoms with van der Waals surface area (Å²) in [6, 6.07) is 5.29. The smallest absolute Gasteiger partial charge is 0.238 e. The van der Waals surface area contributed by atoms with Crippen LogP contribution in [-0.2, 0) is 4.79 Å². The number of piperidine rings is 1. The molecular formula is C20H24ClN5O. The number of aromatic nitrogens is 1. The molecule has 3 rings (SSSR count). The van der Waals surface area contributed by atoms with Gasteiger partial charge in [-0.2, -0.15) is 5.26 Å². The molecule has 0 unspecified atom stereocenters. The Hall–Kier alpha value is -2.28. The van der Waals surface area contributed by atoms with Crippen LogP contribution in [-0.4, -0.2) is 53.0 Å². The summed E-state index contributed by atoms with van der Waals surface area (Å²) in [7, 11) is 0. The van der Waals surface area contributed by atoms with Crippen LogP contribution >= 0.6 is 11.6 Å². The molecule has 1 N–H and O–H groups in total. The van der Waals surface area contributed by atoms with E-state index < -0.39 is 6.04 Å². The van der Waals surface area contributed by atoms with Crippen LogP contribution in [0.1, 0.15) is 32.6 Å². The highest BCUT2D eigenvalue weighted by molar-refractivity contribution is 6.30. The Bertz CT molecular complexity index is 736. The molecule has 3 heterocycles. The average Bonchev–Trinajstić information content (AvgIpc) is 3.11. The topological polar surface area (TPSA) is 72.3 Å². The lowest BCUT2D eigenvalue weighted by Gasteiger charge is -2.41. The summed E-state index contributed by atoms with van der Waals surface area (Å²) in [6.45, 7) is 4.04. The van der Waals surface area contributed by atoms with Crippen molar-refractivity contribution in [1.82, 2.24) is 15.2 Å². The van der Waals surface area contributed by atoms with Crippen molar-refractivity contribution in [3.8, 4) is 18.4 Å². The number of nitrogens with zero attached hydrogens (tertiary/aromatic N) is 4. The Morgan fingerprint density at radius 3 is 2.70 bits per heavy atom. The van der Waals surface area contributed by atoms with Crippen LogP contribution in [0.15, 0.2) is 18.3 Å². The molecule has 6 nitrogen and oxygen atoms in total. The highest BCUT2D eigenvalue weighted by atomic mass is 35.5. The molecule has 0 aromatic carbocycles. The quantitative estimate of drug-likeness (QED) is 0.804. The van der Waals surface area contributed by atoms with Crippen molar-refractivity contribution in [1.29, 1.82) is 5.26 Å². The van der Waals surface area contributed by atoms with Gasteiger partial charge in [0.25, 0.3) is 0 Å². The maximum atomic E-state index is 12.7. The van der Waals surface area contributed by atoms with E-state index in [0.717, 1.165) is 31.7 Å². The predicted octanol–water partition coefficient (Wildman–Crippen LogP) is 2.20. The van der Waals surface area contributed by atoms with Crippen LogP contribution in [0, 0.1) is 23.7 Å². The first-order valence-electron chi connectivity index (χ1n) is 9.24. The second kappa shape index (κ2) is 8.17. The van der Waals surface area contributed by atoms with Gasteiger partial charge in [-0.25, -0.2) is 4.98 Å². The molecule has 0 bridgehead atoms. The zero-order chi connectivity index (χ0) is 19.4. The molecule has 1 amide bonds. The zero-order valence-corrected chi connectivity index (χ0v) is 16.2. The number of likely N-dealkylation sites (tertiary alicyclic amines) is 1. The first-order valence-corrected chi connectivity index (χ1v) is 9.62. The summed E-state index contributed by atoms with van der Waals surface area (Å²) in [5.74, 6) is 3.46. The van der Waals surface area contributed by atoms with Crippen LogP contribution in [0.4, 0.5) is 5.82 Å². The molecule has 2 fully saturated rings. The van der Waals surface area contributed by atoms with Crippen LogP contribution in [0.3, 0.4) is 0 Å². The van der Waals surface area contributed by atoms with Gasteiger partial charge in [-0.1, -0.05) is 17.5 Å². The predicted molar refractivity (Wildman–Crippen MR) is 105 cm³/mol. The van der Waals surface area contributed by atoms with Crippen molar-refractivity contribution in [2.45, 2.75) is 50.2 Å². The molecule has 2 aliphatic rings. The van der Waals surface area contributed by atoms with E-state index in [-0.39, 0.29) is 24.0 Å². The van der Waals surface area contributed by atoms with Gasteiger partial charge >= 0.3 is 0 Å². The second-order valence-electron chi connectivity index (χ2n) is 7.44. The van der Waals surface area contributed by atoms with E-state index in [9.17, 15) is 10.1 Å². The summed E-state index contributed by atoms with van der Waals surface area (Å²) >= 11 is 5.90. The van der Waals surface area contributed by atoms with Crippen molar-refractivity contribution >= 4 is 23.3 Å². The molecule has 0 saturated carbocycles. The molecule has 1 aromatic heterocycles. The van der Waals surface area contributed by atoms with E-state index in [1.807, 2.05) is 12.1 Å². The Morgan fingerprint density at radius 1 is 1.41 bits per heavy atom.